The first-order valence-electron chi connectivity index (χ1n) is 10.7. The highest BCUT2D eigenvalue weighted by Crippen LogP contribution is 2.34. The van der Waals surface area contributed by atoms with E-state index >= 15 is 0 Å². The van der Waals surface area contributed by atoms with Gasteiger partial charge in [-0.1, -0.05) is 18.2 Å². The highest BCUT2D eigenvalue weighted by molar-refractivity contribution is 14.1. The molecular weight excluding hydrogens is 543 g/mol. The number of halogens is 3. The van der Waals surface area contributed by atoms with E-state index in [0.29, 0.717) is 36.1 Å². The fourth-order valence-electron chi connectivity index (χ4n) is 4.04. The van der Waals surface area contributed by atoms with Gasteiger partial charge in [-0.3, -0.25) is 14.3 Å². The van der Waals surface area contributed by atoms with Crippen molar-refractivity contribution in [3.63, 3.8) is 0 Å². The van der Waals surface area contributed by atoms with Gasteiger partial charge in [-0.2, -0.15) is 0 Å². The molecule has 0 saturated carbocycles. The van der Waals surface area contributed by atoms with E-state index in [1.165, 1.54) is 22.8 Å². The minimum absolute atomic E-state index is 0.191. The Hall–Kier alpha value is -2.56. The number of likely N-dealkylation sites (tertiary alicyclic amines) is 1. The molecule has 0 bridgehead atoms. The summed E-state index contributed by atoms with van der Waals surface area (Å²) in [5.41, 5.74) is -0.422. The van der Waals surface area contributed by atoms with Gasteiger partial charge in [-0.05, 0) is 80.5 Å². The zero-order valence-corrected chi connectivity index (χ0v) is 20.7. The maximum Gasteiger partial charge on any atom is 0.410 e. The summed E-state index contributed by atoms with van der Waals surface area (Å²) in [4.78, 5) is 33.0. The number of aromatic nitrogens is 2. The third-order valence-corrected chi connectivity index (χ3v) is 6.31. The molecule has 4 rings (SSSR count). The SMILES string of the molecule is CC(C)(C)OC(=O)N1CCCC1c1nc2c(I)cccc2c(=O)n1-c1cccc(C(F)F)c1. The summed E-state index contributed by atoms with van der Waals surface area (Å²) in [7, 11) is 0. The molecule has 2 heterocycles. The number of amides is 1. The van der Waals surface area contributed by atoms with Crippen LogP contribution in [-0.4, -0.2) is 32.7 Å². The molecule has 0 N–H and O–H groups in total. The van der Waals surface area contributed by atoms with Crippen molar-refractivity contribution in [2.75, 3.05) is 6.54 Å². The highest BCUT2D eigenvalue weighted by atomic mass is 127. The first kappa shape index (κ1) is 23.6. The van der Waals surface area contributed by atoms with Crippen LogP contribution in [0.4, 0.5) is 13.6 Å². The van der Waals surface area contributed by atoms with E-state index in [0.717, 1.165) is 3.57 Å². The van der Waals surface area contributed by atoms with E-state index in [9.17, 15) is 18.4 Å². The van der Waals surface area contributed by atoms with Crippen LogP contribution in [0.1, 0.15) is 57.5 Å². The quantitative estimate of drug-likeness (QED) is 0.365. The first-order valence-corrected chi connectivity index (χ1v) is 11.7. The zero-order valence-electron chi connectivity index (χ0n) is 18.5. The lowest BCUT2D eigenvalue weighted by molar-refractivity contribution is 0.0216. The molecule has 1 aromatic heterocycles. The molecule has 1 amide bonds. The Morgan fingerprint density at radius 3 is 2.64 bits per heavy atom. The predicted octanol–water partition coefficient (Wildman–Crippen LogP) is 6.00. The lowest BCUT2D eigenvalue weighted by Gasteiger charge is -2.29. The Bertz CT molecular complexity index is 1270. The van der Waals surface area contributed by atoms with Crippen LogP contribution in [-0.2, 0) is 4.74 Å². The van der Waals surface area contributed by atoms with Crippen LogP contribution in [0, 0.1) is 3.57 Å². The Balaban J connectivity index is 1.94. The smallest absolute Gasteiger partial charge is 0.410 e. The third-order valence-electron chi connectivity index (χ3n) is 5.43. The molecule has 33 heavy (non-hydrogen) atoms. The van der Waals surface area contributed by atoms with Gasteiger partial charge in [0.25, 0.3) is 12.0 Å². The number of nitrogens with zero attached hydrogens (tertiary/aromatic N) is 3. The number of fused-ring (bicyclic) bond motifs is 1. The van der Waals surface area contributed by atoms with Crippen LogP contribution in [0.5, 0.6) is 0 Å². The van der Waals surface area contributed by atoms with Crippen molar-refractivity contribution in [3.8, 4) is 5.69 Å². The molecule has 0 aliphatic carbocycles. The number of hydrogen-bond acceptors (Lipinski definition) is 4. The number of benzene rings is 2. The number of hydrogen-bond donors (Lipinski definition) is 0. The normalized spacial score (nSPS) is 16.6. The molecule has 6 nitrogen and oxygen atoms in total. The molecule has 1 unspecified atom stereocenters. The molecule has 9 heteroatoms. The molecule has 1 aliphatic rings. The van der Waals surface area contributed by atoms with Crippen LogP contribution >= 0.6 is 22.6 Å². The highest BCUT2D eigenvalue weighted by Gasteiger charge is 2.36. The second kappa shape index (κ2) is 9.00. The van der Waals surface area contributed by atoms with Crippen molar-refractivity contribution in [1.82, 2.24) is 14.5 Å². The zero-order chi connectivity index (χ0) is 23.9. The van der Waals surface area contributed by atoms with E-state index in [2.05, 4.69) is 22.6 Å². The van der Waals surface area contributed by atoms with Gasteiger partial charge in [-0.25, -0.2) is 18.6 Å². The number of carbonyl (C=O) groups excluding carboxylic acids is 1. The number of rotatable bonds is 3. The van der Waals surface area contributed by atoms with Gasteiger partial charge in [0, 0.05) is 15.7 Å². The topological polar surface area (TPSA) is 64.4 Å². The van der Waals surface area contributed by atoms with Crippen LogP contribution in [0.25, 0.3) is 16.6 Å². The summed E-state index contributed by atoms with van der Waals surface area (Å²) >= 11 is 2.12. The number of alkyl halides is 2. The van der Waals surface area contributed by atoms with Gasteiger partial charge >= 0.3 is 6.09 Å². The van der Waals surface area contributed by atoms with E-state index in [1.807, 2.05) is 6.07 Å². The average molecular weight is 567 g/mol. The Morgan fingerprint density at radius 1 is 1.21 bits per heavy atom. The van der Waals surface area contributed by atoms with Crippen molar-refractivity contribution in [3.05, 3.63) is 67.8 Å². The molecule has 1 fully saturated rings. The maximum absolute atomic E-state index is 13.6. The Labute approximate surface area is 203 Å². The van der Waals surface area contributed by atoms with Crippen molar-refractivity contribution in [2.45, 2.75) is 51.7 Å². The van der Waals surface area contributed by atoms with Crippen molar-refractivity contribution < 1.29 is 18.3 Å². The van der Waals surface area contributed by atoms with Gasteiger partial charge in [0.15, 0.2) is 0 Å². The second-order valence-electron chi connectivity index (χ2n) is 8.97. The Morgan fingerprint density at radius 2 is 1.94 bits per heavy atom. The molecule has 0 radical (unpaired) electrons. The minimum Gasteiger partial charge on any atom is -0.444 e. The number of carbonyl (C=O) groups is 1. The summed E-state index contributed by atoms with van der Waals surface area (Å²) in [5.74, 6) is 0.339. The van der Waals surface area contributed by atoms with E-state index in [4.69, 9.17) is 9.72 Å². The second-order valence-corrected chi connectivity index (χ2v) is 10.1. The fourth-order valence-corrected chi connectivity index (χ4v) is 4.66. The molecular formula is C24H24F2IN3O3. The number of ether oxygens (including phenoxy) is 1. The average Bonchev–Trinajstić information content (AvgIpc) is 3.23. The summed E-state index contributed by atoms with van der Waals surface area (Å²) in [5, 5.41) is 0.384. The van der Waals surface area contributed by atoms with Crippen LogP contribution in [0.2, 0.25) is 0 Å². The predicted molar refractivity (Wildman–Crippen MR) is 130 cm³/mol. The van der Waals surface area contributed by atoms with Gasteiger partial charge < -0.3 is 4.74 Å². The Kier molecular flexibility index (Phi) is 6.43. The monoisotopic (exact) mass is 567 g/mol. The molecule has 1 atom stereocenters. The maximum atomic E-state index is 13.6. The molecule has 1 saturated heterocycles. The summed E-state index contributed by atoms with van der Waals surface area (Å²) < 4.78 is 34.6. The van der Waals surface area contributed by atoms with E-state index < -0.39 is 24.2 Å². The standard InChI is InChI=1S/C24H24F2IN3O3/c1-24(2,3)33-23(32)29-12-6-11-18(29)21-28-19-16(9-5-10-17(19)27)22(31)30(21)15-8-4-7-14(13-15)20(25)26/h4-5,7-10,13,18,20H,6,11-12H2,1-3H3. The lowest BCUT2D eigenvalue weighted by atomic mass is 10.1. The van der Waals surface area contributed by atoms with E-state index in [-0.39, 0.29) is 16.8 Å². The van der Waals surface area contributed by atoms with Crippen LogP contribution in [0.15, 0.2) is 47.3 Å². The summed E-state index contributed by atoms with van der Waals surface area (Å²) in [6, 6.07) is 10.5. The van der Waals surface area contributed by atoms with Gasteiger partial charge in [0.1, 0.15) is 11.4 Å². The van der Waals surface area contributed by atoms with Crippen molar-refractivity contribution in [1.29, 1.82) is 0 Å². The van der Waals surface area contributed by atoms with E-state index in [1.54, 1.807) is 43.9 Å². The third kappa shape index (κ3) is 4.73. The van der Waals surface area contributed by atoms with Gasteiger partial charge in [0.05, 0.1) is 22.6 Å². The molecule has 1 aliphatic heterocycles. The molecule has 3 aromatic rings. The first-order chi connectivity index (χ1) is 15.6. The fraction of sp³-hybridized carbons (Fsp3) is 0.375. The van der Waals surface area contributed by atoms with Crippen LogP contribution in [0.3, 0.4) is 0 Å². The van der Waals surface area contributed by atoms with Crippen molar-refractivity contribution >= 4 is 39.6 Å². The number of para-hydroxylation sites is 1. The molecule has 174 valence electrons. The van der Waals surface area contributed by atoms with Crippen molar-refractivity contribution in [2.24, 2.45) is 0 Å². The summed E-state index contributed by atoms with van der Waals surface area (Å²) in [6.45, 7) is 5.82. The molecule has 0 spiro atoms. The molecule has 2 aromatic carbocycles. The summed E-state index contributed by atoms with van der Waals surface area (Å²) in [6.07, 6.45) is -1.88. The van der Waals surface area contributed by atoms with Gasteiger partial charge in [-0.15, -0.1) is 0 Å². The largest absolute Gasteiger partial charge is 0.444 e. The lowest BCUT2D eigenvalue weighted by Crippen LogP contribution is -2.38. The van der Waals surface area contributed by atoms with Gasteiger partial charge in [0.2, 0.25) is 0 Å². The minimum atomic E-state index is -2.68. The van der Waals surface area contributed by atoms with Crippen LogP contribution < -0.4 is 5.56 Å².